The minimum Gasteiger partial charge on any atom is -0.0767 e. The second-order valence-corrected chi connectivity index (χ2v) is 3.67. The third kappa shape index (κ3) is 0.983. The quantitative estimate of drug-likeness (QED) is 0.520. The van der Waals surface area contributed by atoms with Gasteiger partial charge in [-0.15, -0.1) is 0 Å². The first-order valence-electron chi connectivity index (χ1n) is 4.74. The van der Waals surface area contributed by atoms with E-state index in [1.165, 1.54) is 11.1 Å². The van der Waals surface area contributed by atoms with E-state index < -0.39 is 0 Å². The molecule has 2 unspecified atom stereocenters. The Morgan fingerprint density at radius 3 is 2.77 bits per heavy atom. The second kappa shape index (κ2) is 2.59. The van der Waals surface area contributed by atoms with E-state index in [9.17, 15) is 0 Å². The first kappa shape index (κ1) is 7.14. The lowest BCUT2D eigenvalue weighted by molar-refractivity contribution is 0.629. The van der Waals surface area contributed by atoms with E-state index in [0.717, 1.165) is 0 Å². The van der Waals surface area contributed by atoms with E-state index in [1.807, 2.05) is 0 Å². The zero-order valence-electron chi connectivity index (χ0n) is 7.35. The van der Waals surface area contributed by atoms with Gasteiger partial charge in [-0.25, -0.2) is 0 Å². The molecule has 0 aliphatic heterocycles. The summed E-state index contributed by atoms with van der Waals surface area (Å²) in [5, 5.41) is 0. The number of hydrogen-bond donors (Lipinski definition) is 0. The maximum atomic E-state index is 2.30. The molecule has 1 radical (unpaired) electrons. The minimum absolute atomic E-state index is 0.583. The van der Waals surface area contributed by atoms with Crippen LogP contribution in [-0.2, 0) is 0 Å². The molecule has 0 nitrogen and oxygen atoms in total. The number of allylic oxidation sites excluding steroid dienone is 10. The fourth-order valence-electron chi connectivity index (χ4n) is 2.24. The molecule has 13 heavy (non-hydrogen) atoms. The molecule has 0 aromatic heterocycles. The molecule has 0 saturated heterocycles. The minimum atomic E-state index is 0.583. The van der Waals surface area contributed by atoms with E-state index in [-0.39, 0.29) is 0 Å². The fraction of sp³-hybridized carbons (Fsp3) is 0.154. The average Bonchev–Trinajstić information content (AvgIpc) is 2.65. The van der Waals surface area contributed by atoms with E-state index in [1.54, 1.807) is 0 Å². The van der Waals surface area contributed by atoms with Gasteiger partial charge in [0.15, 0.2) is 0 Å². The van der Waals surface area contributed by atoms with Crippen LogP contribution in [0.1, 0.15) is 0 Å². The standard InChI is InChI=1S/C13H11/c1-2-6-12-10(4-1)8-9-11-5-3-7-13(11)12/h1-10,12H. The maximum Gasteiger partial charge on any atom is 0.00963 e. The first-order valence-corrected chi connectivity index (χ1v) is 4.74. The third-order valence-corrected chi connectivity index (χ3v) is 2.92. The van der Waals surface area contributed by atoms with Crippen molar-refractivity contribution in [2.24, 2.45) is 11.8 Å². The van der Waals surface area contributed by atoms with Crippen molar-refractivity contribution in [2.45, 2.75) is 0 Å². The van der Waals surface area contributed by atoms with E-state index >= 15 is 0 Å². The van der Waals surface area contributed by atoms with Gasteiger partial charge in [-0.1, -0.05) is 48.6 Å². The van der Waals surface area contributed by atoms with Crippen molar-refractivity contribution in [1.82, 2.24) is 0 Å². The second-order valence-electron chi connectivity index (χ2n) is 3.67. The van der Waals surface area contributed by atoms with Gasteiger partial charge in [-0.2, -0.15) is 0 Å². The summed E-state index contributed by atoms with van der Waals surface area (Å²) in [5.41, 5.74) is 2.87. The summed E-state index contributed by atoms with van der Waals surface area (Å²) in [6.07, 6.45) is 20.0. The van der Waals surface area contributed by atoms with Crippen molar-refractivity contribution < 1.29 is 0 Å². The molecule has 0 fully saturated rings. The van der Waals surface area contributed by atoms with Gasteiger partial charge in [0.2, 0.25) is 0 Å². The molecule has 0 heterocycles. The van der Waals surface area contributed by atoms with Crippen LogP contribution in [0.4, 0.5) is 0 Å². The molecule has 3 aliphatic carbocycles. The van der Waals surface area contributed by atoms with E-state index in [0.29, 0.717) is 11.8 Å². The van der Waals surface area contributed by atoms with Crippen molar-refractivity contribution in [2.75, 3.05) is 0 Å². The summed E-state index contributed by atoms with van der Waals surface area (Å²) in [6, 6.07) is 0. The SMILES string of the molecule is [CH]1C=CC2=C1C1C=CC=CC1C=C2. The zero-order chi connectivity index (χ0) is 8.67. The monoisotopic (exact) mass is 167 g/mol. The normalized spacial score (nSPS) is 33.8. The predicted molar refractivity (Wildman–Crippen MR) is 54.9 cm³/mol. The molecule has 0 saturated carbocycles. The van der Waals surface area contributed by atoms with Gasteiger partial charge < -0.3 is 0 Å². The van der Waals surface area contributed by atoms with Crippen LogP contribution in [0.3, 0.4) is 0 Å². The fourth-order valence-corrected chi connectivity index (χ4v) is 2.24. The van der Waals surface area contributed by atoms with Crippen LogP contribution >= 0.6 is 0 Å². The molecule has 0 aromatic carbocycles. The topological polar surface area (TPSA) is 0 Å². The molecule has 0 spiro atoms. The molecule has 3 rings (SSSR count). The molecular weight excluding hydrogens is 156 g/mol. The van der Waals surface area contributed by atoms with Crippen LogP contribution in [0.5, 0.6) is 0 Å². The van der Waals surface area contributed by atoms with Crippen LogP contribution in [0.2, 0.25) is 0 Å². The van der Waals surface area contributed by atoms with Crippen LogP contribution in [0.15, 0.2) is 59.8 Å². The van der Waals surface area contributed by atoms with Crippen molar-refractivity contribution in [3.05, 3.63) is 66.2 Å². The van der Waals surface area contributed by atoms with Crippen molar-refractivity contribution in [3.63, 3.8) is 0 Å². The Kier molecular flexibility index (Phi) is 1.42. The van der Waals surface area contributed by atoms with Crippen LogP contribution < -0.4 is 0 Å². The average molecular weight is 167 g/mol. The van der Waals surface area contributed by atoms with Gasteiger partial charge >= 0.3 is 0 Å². The molecule has 3 aliphatic rings. The molecule has 0 heteroatoms. The number of hydrogen-bond acceptors (Lipinski definition) is 0. The molecule has 0 amide bonds. The Morgan fingerprint density at radius 1 is 0.846 bits per heavy atom. The van der Waals surface area contributed by atoms with E-state index in [4.69, 9.17) is 0 Å². The van der Waals surface area contributed by atoms with Gasteiger partial charge in [-0.05, 0) is 11.1 Å². The highest BCUT2D eigenvalue weighted by molar-refractivity contribution is 5.54. The summed E-state index contributed by atoms with van der Waals surface area (Å²) in [7, 11) is 0. The highest BCUT2D eigenvalue weighted by Crippen LogP contribution is 2.38. The smallest absolute Gasteiger partial charge is 0.00963 e. The zero-order valence-corrected chi connectivity index (χ0v) is 7.35. The molecule has 2 atom stereocenters. The Bertz CT molecular complexity index is 375. The molecule has 0 bridgehead atoms. The number of fused-ring (bicyclic) bond motifs is 2. The molecule has 0 aromatic rings. The van der Waals surface area contributed by atoms with Gasteiger partial charge in [0.05, 0.1) is 0 Å². The Labute approximate surface area is 78.7 Å². The Balaban J connectivity index is 2.05. The van der Waals surface area contributed by atoms with Crippen LogP contribution in [-0.4, -0.2) is 0 Å². The summed E-state index contributed by atoms with van der Waals surface area (Å²) in [4.78, 5) is 0. The highest BCUT2D eigenvalue weighted by Gasteiger charge is 2.26. The van der Waals surface area contributed by atoms with Gasteiger partial charge in [-0.3, -0.25) is 0 Å². The van der Waals surface area contributed by atoms with Crippen molar-refractivity contribution >= 4 is 0 Å². The third-order valence-electron chi connectivity index (χ3n) is 2.92. The van der Waals surface area contributed by atoms with Crippen molar-refractivity contribution in [3.8, 4) is 0 Å². The highest BCUT2D eigenvalue weighted by atomic mass is 14.3. The first-order chi connectivity index (χ1) is 6.45. The maximum absolute atomic E-state index is 2.30. The van der Waals surface area contributed by atoms with Crippen molar-refractivity contribution in [1.29, 1.82) is 0 Å². The number of rotatable bonds is 0. The molecule has 63 valence electrons. The predicted octanol–water partition coefficient (Wildman–Crippen LogP) is 2.99. The lowest BCUT2D eigenvalue weighted by atomic mass is 9.77. The lowest BCUT2D eigenvalue weighted by Crippen LogP contribution is -2.16. The lowest BCUT2D eigenvalue weighted by Gasteiger charge is -2.26. The van der Waals surface area contributed by atoms with Gasteiger partial charge in [0, 0.05) is 18.3 Å². The van der Waals surface area contributed by atoms with Gasteiger partial charge in [0.1, 0.15) is 0 Å². The Morgan fingerprint density at radius 2 is 1.77 bits per heavy atom. The largest absolute Gasteiger partial charge is 0.0767 e. The molecule has 0 N–H and O–H groups in total. The van der Waals surface area contributed by atoms with Crippen LogP contribution in [0.25, 0.3) is 0 Å². The Hall–Kier alpha value is -1.30. The van der Waals surface area contributed by atoms with E-state index in [2.05, 4.69) is 55.0 Å². The summed E-state index contributed by atoms with van der Waals surface area (Å²) in [5.74, 6) is 1.17. The van der Waals surface area contributed by atoms with Gasteiger partial charge in [0.25, 0.3) is 0 Å². The molecular formula is C13H11. The summed E-state index contributed by atoms with van der Waals surface area (Å²) in [6.45, 7) is 0. The van der Waals surface area contributed by atoms with Crippen LogP contribution in [0, 0.1) is 18.3 Å². The summed E-state index contributed by atoms with van der Waals surface area (Å²) >= 11 is 0. The summed E-state index contributed by atoms with van der Waals surface area (Å²) < 4.78 is 0.